The van der Waals surface area contributed by atoms with E-state index in [2.05, 4.69) is 9.55 Å². The minimum Gasteiger partial charge on any atom is -0.466 e. The zero-order valence-electron chi connectivity index (χ0n) is 14.6. The number of likely N-dealkylation sites (tertiary alicyclic amines) is 1. The summed E-state index contributed by atoms with van der Waals surface area (Å²) in [6, 6.07) is 1.83. The Hall–Kier alpha value is -2.08. The molecule has 1 fully saturated rings. The summed E-state index contributed by atoms with van der Waals surface area (Å²) in [6.45, 7) is 6.72. The Labute approximate surface area is 142 Å². The van der Waals surface area contributed by atoms with Crippen molar-refractivity contribution in [3.8, 4) is 0 Å². The molecule has 3 heterocycles. The van der Waals surface area contributed by atoms with Crippen LogP contribution >= 0.6 is 0 Å². The van der Waals surface area contributed by atoms with Crippen LogP contribution in [0.15, 0.2) is 22.9 Å². The molecule has 0 spiro atoms. The van der Waals surface area contributed by atoms with Crippen LogP contribution in [0.2, 0.25) is 0 Å². The highest BCUT2D eigenvalue weighted by Crippen LogP contribution is 2.28. The lowest BCUT2D eigenvalue weighted by Crippen LogP contribution is -2.38. The third-order valence-electron chi connectivity index (χ3n) is 4.70. The van der Waals surface area contributed by atoms with Gasteiger partial charge >= 0.3 is 0 Å². The Morgan fingerprint density at radius 2 is 2.12 bits per heavy atom. The zero-order chi connectivity index (χ0) is 17.1. The van der Waals surface area contributed by atoms with Gasteiger partial charge in [0.2, 0.25) is 0 Å². The highest BCUT2D eigenvalue weighted by atomic mass is 16.5. The number of rotatable bonds is 5. The van der Waals surface area contributed by atoms with E-state index >= 15 is 0 Å². The maximum atomic E-state index is 12.7. The van der Waals surface area contributed by atoms with Gasteiger partial charge in [-0.05, 0) is 32.8 Å². The molecule has 0 saturated carbocycles. The summed E-state index contributed by atoms with van der Waals surface area (Å²) < 4.78 is 12.8. The average molecular weight is 331 g/mol. The second-order valence-electron chi connectivity index (χ2n) is 6.37. The fourth-order valence-electron chi connectivity index (χ4n) is 3.41. The number of amides is 1. The lowest BCUT2D eigenvalue weighted by atomic mass is 9.95. The molecule has 0 bridgehead atoms. The predicted molar refractivity (Wildman–Crippen MR) is 90.2 cm³/mol. The van der Waals surface area contributed by atoms with Gasteiger partial charge in [-0.15, -0.1) is 0 Å². The van der Waals surface area contributed by atoms with Gasteiger partial charge < -0.3 is 18.6 Å². The van der Waals surface area contributed by atoms with Crippen LogP contribution in [0.25, 0.3) is 0 Å². The van der Waals surface area contributed by atoms with Crippen LogP contribution in [0.4, 0.5) is 0 Å². The standard InChI is InChI=1S/C18H25N3O3/c1-13-12-16(14(2)24-13)18(22)21-7-4-15(5-8-21)17-19-6-9-20(17)10-11-23-3/h6,9,12,15H,4-5,7-8,10-11H2,1-3H3. The van der Waals surface area contributed by atoms with Gasteiger partial charge in [-0.3, -0.25) is 4.79 Å². The smallest absolute Gasteiger partial charge is 0.257 e. The molecule has 1 saturated heterocycles. The summed E-state index contributed by atoms with van der Waals surface area (Å²) in [5.41, 5.74) is 0.688. The third kappa shape index (κ3) is 3.38. The molecule has 0 atom stereocenters. The number of hydrogen-bond acceptors (Lipinski definition) is 4. The molecule has 0 aromatic carbocycles. The van der Waals surface area contributed by atoms with E-state index in [1.165, 1.54) is 0 Å². The molecule has 24 heavy (non-hydrogen) atoms. The van der Waals surface area contributed by atoms with Crippen molar-refractivity contribution in [2.24, 2.45) is 0 Å². The molecule has 130 valence electrons. The van der Waals surface area contributed by atoms with Crippen molar-refractivity contribution in [3.63, 3.8) is 0 Å². The van der Waals surface area contributed by atoms with Crippen LogP contribution in [-0.4, -0.2) is 47.2 Å². The van der Waals surface area contributed by atoms with Gasteiger partial charge in [-0.2, -0.15) is 0 Å². The quantitative estimate of drug-likeness (QED) is 0.845. The number of imidazole rings is 1. The number of hydrogen-bond donors (Lipinski definition) is 0. The number of aromatic nitrogens is 2. The number of piperidine rings is 1. The van der Waals surface area contributed by atoms with Crippen LogP contribution < -0.4 is 0 Å². The molecule has 2 aromatic heterocycles. The molecular formula is C18H25N3O3. The van der Waals surface area contributed by atoms with Crippen molar-refractivity contribution in [1.29, 1.82) is 0 Å². The third-order valence-corrected chi connectivity index (χ3v) is 4.70. The Morgan fingerprint density at radius 3 is 2.75 bits per heavy atom. The summed E-state index contributed by atoms with van der Waals surface area (Å²) in [5, 5.41) is 0. The number of ether oxygens (including phenoxy) is 1. The number of methoxy groups -OCH3 is 1. The predicted octanol–water partition coefficient (Wildman–Crippen LogP) is 2.76. The van der Waals surface area contributed by atoms with E-state index in [-0.39, 0.29) is 5.91 Å². The van der Waals surface area contributed by atoms with E-state index in [0.29, 0.717) is 23.8 Å². The summed E-state index contributed by atoms with van der Waals surface area (Å²) in [6.07, 6.45) is 5.72. The van der Waals surface area contributed by atoms with Crippen LogP contribution in [0, 0.1) is 13.8 Å². The number of carbonyl (C=O) groups is 1. The van der Waals surface area contributed by atoms with E-state index in [1.807, 2.05) is 37.2 Å². The molecule has 0 radical (unpaired) electrons. The summed E-state index contributed by atoms with van der Waals surface area (Å²) in [5.74, 6) is 3.06. The van der Waals surface area contributed by atoms with Crippen molar-refractivity contribution >= 4 is 5.91 Å². The van der Waals surface area contributed by atoms with Gasteiger partial charge in [0.1, 0.15) is 17.3 Å². The average Bonchev–Trinajstić information content (AvgIpc) is 3.18. The van der Waals surface area contributed by atoms with Crippen molar-refractivity contribution in [1.82, 2.24) is 14.5 Å². The first-order chi connectivity index (χ1) is 11.6. The van der Waals surface area contributed by atoms with Crippen molar-refractivity contribution in [2.45, 2.75) is 39.2 Å². The van der Waals surface area contributed by atoms with E-state index in [0.717, 1.165) is 44.1 Å². The number of carbonyl (C=O) groups excluding carboxylic acids is 1. The molecule has 1 amide bonds. The SMILES string of the molecule is COCCn1ccnc1C1CCN(C(=O)c2cc(C)oc2C)CC1. The number of furan rings is 1. The van der Waals surface area contributed by atoms with E-state index in [4.69, 9.17) is 9.15 Å². The molecule has 6 nitrogen and oxygen atoms in total. The van der Waals surface area contributed by atoms with Crippen LogP contribution in [0.1, 0.15) is 46.5 Å². The Balaban J connectivity index is 1.63. The Morgan fingerprint density at radius 1 is 1.38 bits per heavy atom. The minimum absolute atomic E-state index is 0.0746. The van der Waals surface area contributed by atoms with Gasteiger partial charge in [0.15, 0.2) is 0 Å². The highest BCUT2D eigenvalue weighted by molar-refractivity contribution is 5.95. The molecule has 0 unspecified atom stereocenters. The van der Waals surface area contributed by atoms with Crippen molar-refractivity contribution < 1.29 is 13.9 Å². The van der Waals surface area contributed by atoms with Crippen LogP contribution in [-0.2, 0) is 11.3 Å². The molecular weight excluding hydrogens is 306 g/mol. The zero-order valence-corrected chi connectivity index (χ0v) is 14.6. The first-order valence-corrected chi connectivity index (χ1v) is 8.46. The molecule has 1 aliphatic rings. The Kier molecular flexibility index (Phi) is 5.04. The minimum atomic E-state index is 0.0746. The maximum absolute atomic E-state index is 12.7. The molecule has 0 N–H and O–H groups in total. The highest BCUT2D eigenvalue weighted by Gasteiger charge is 2.28. The fourth-order valence-corrected chi connectivity index (χ4v) is 3.41. The first-order valence-electron chi connectivity index (χ1n) is 8.46. The van der Waals surface area contributed by atoms with Gasteiger partial charge in [0.25, 0.3) is 5.91 Å². The normalized spacial score (nSPS) is 15.9. The van der Waals surface area contributed by atoms with Crippen LogP contribution in [0.5, 0.6) is 0 Å². The lowest BCUT2D eigenvalue weighted by Gasteiger charge is -2.31. The summed E-state index contributed by atoms with van der Waals surface area (Å²) in [7, 11) is 1.71. The molecule has 2 aromatic rings. The second-order valence-corrected chi connectivity index (χ2v) is 6.37. The summed E-state index contributed by atoms with van der Waals surface area (Å²) >= 11 is 0. The van der Waals surface area contributed by atoms with Crippen LogP contribution in [0.3, 0.4) is 0 Å². The number of aryl methyl sites for hydroxylation is 2. The molecule has 1 aliphatic heterocycles. The molecule has 3 rings (SSSR count). The van der Waals surface area contributed by atoms with Gasteiger partial charge in [-0.25, -0.2) is 4.98 Å². The Bertz CT molecular complexity index is 696. The first kappa shape index (κ1) is 16.8. The second kappa shape index (κ2) is 7.21. The van der Waals surface area contributed by atoms with Gasteiger partial charge in [0.05, 0.1) is 12.2 Å². The molecule has 0 aliphatic carbocycles. The van der Waals surface area contributed by atoms with Crippen molar-refractivity contribution in [3.05, 3.63) is 41.4 Å². The number of nitrogens with zero attached hydrogens (tertiary/aromatic N) is 3. The van der Waals surface area contributed by atoms with E-state index in [1.54, 1.807) is 7.11 Å². The monoisotopic (exact) mass is 331 g/mol. The molecule has 6 heteroatoms. The summed E-state index contributed by atoms with van der Waals surface area (Å²) in [4.78, 5) is 19.1. The van der Waals surface area contributed by atoms with Gasteiger partial charge in [-0.1, -0.05) is 0 Å². The van der Waals surface area contributed by atoms with E-state index < -0.39 is 0 Å². The fraction of sp³-hybridized carbons (Fsp3) is 0.556. The largest absolute Gasteiger partial charge is 0.466 e. The lowest BCUT2D eigenvalue weighted by molar-refractivity contribution is 0.0708. The van der Waals surface area contributed by atoms with Gasteiger partial charge in [0, 0.05) is 45.1 Å². The van der Waals surface area contributed by atoms with E-state index in [9.17, 15) is 4.79 Å². The maximum Gasteiger partial charge on any atom is 0.257 e. The topological polar surface area (TPSA) is 60.5 Å². The van der Waals surface area contributed by atoms with Crippen molar-refractivity contribution in [2.75, 3.05) is 26.8 Å².